The first-order valence-corrected chi connectivity index (χ1v) is 13.3. The lowest BCUT2D eigenvalue weighted by Gasteiger charge is -2.25. The van der Waals surface area contributed by atoms with E-state index in [9.17, 15) is 0 Å². The Balaban J connectivity index is 1.46. The van der Waals surface area contributed by atoms with E-state index >= 15 is 0 Å². The summed E-state index contributed by atoms with van der Waals surface area (Å²) in [6.07, 6.45) is 0. The summed E-state index contributed by atoms with van der Waals surface area (Å²) in [6, 6.07) is 43.9. The van der Waals surface area contributed by atoms with Crippen LogP contribution in [0.15, 0.2) is 121 Å². The van der Waals surface area contributed by atoms with Crippen LogP contribution in [0.4, 0.5) is 0 Å². The van der Waals surface area contributed by atoms with Gasteiger partial charge in [-0.15, -0.1) is 0 Å². The maximum atomic E-state index is 6.65. The van der Waals surface area contributed by atoms with Crippen molar-refractivity contribution in [1.82, 2.24) is 0 Å². The monoisotopic (exact) mass is 486 g/mol. The van der Waals surface area contributed by atoms with Gasteiger partial charge in [0.05, 0.1) is 0 Å². The third-order valence-corrected chi connectivity index (χ3v) is 8.45. The van der Waals surface area contributed by atoms with Crippen molar-refractivity contribution >= 4 is 32.7 Å². The quantitative estimate of drug-likeness (QED) is 0.210. The van der Waals surface area contributed by atoms with Crippen molar-refractivity contribution in [3.8, 4) is 22.6 Å². The molecule has 0 amide bonds. The molecular formula is C37H26O. The Hall–Kier alpha value is -4.62. The first-order chi connectivity index (χ1) is 18.6. The summed E-state index contributed by atoms with van der Waals surface area (Å²) in [5, 5.41) is 5.10. The lowest BCUT2D eigenvalue weighted by atomic mass is 9.78. The lowest BCUT2D eigenvalue weighted by molar-refractivity contribution is 0.480. The molecule has 1 aliphatic carbocycles. The van der Waals surface area contributed by atoms with E-state index < -0.39 is 0 Å². The van der Waals surface area contributed by atoms with Gasteiger partial charge in [0.2, 0.25) is 0 Å². The third-order valence-electron chi connectivity index (χ3n) is 8.45. The predicted octanol–water partition coefficient (Wildman–Crippen LogP) is 10.0. The van der Waals surface area contributed by atoms with Crippen LogP contribution < -0.4 is 4.74 Å². The van der Waals surface area contributed by atoms with Crippen LogP contribution >= 0.6 is 0 Å². The van der Waals surface area contributed by atoms with Gasteiger partial charge in [0.1, 0.15) is 11.5 Å². The summed E-state index contributed by atoms with van der Waals surface area (Å²) in [5.41, 5.74) is 9.95. The first-order valence-electron chi connectivity index (χ1n) is 13.3. The van der Waals surface area contributed by atoms with Crippen LogP contribution in [0, 0.1) is 0 Å². The fourth-order valence-corrected chi connectivity index (χ4v) is 6.73. The van der Waals surface area contributed by atoms with E-state index in [4.69, 9.17) is 4.74 Å². The van der Waals surface area contributed by atoms with Gasteiger partial charge in [-0.25, -0.2) is 0 Å². The molecule has 38 heavy (non-hydrogen) atoms. The molecule has 6 aromatic rings. The molecule has 1 nitrogen and oxygen atoms in total. The molecule has 8 rings (SSSR count). The van der Waals surface area contributed by atoms with Gasteiger partial charge in [0, 0.05) is 16.5 Å². The van der Waals surface area contributed by atoms with Gasteiger partial charge in [0.25, 0.3) is 0 Å². The van der Waals surface area contributed by atoms with Gasteiger partial charge >= 0.3 is 0 Å². The fraction of sp³-hybridized carbons (Fsp3) is 0.0811. The van der Waals surface area contributed by atoms with Crippen LogP contribution in [0.1, 0.15) is 36.1 Å². The van der Waals surface area contributed by atoms with Crippen molar-refractivity contribution in [2.24, 2.45) is 0 Å². The highest BCUT2D eigenvalue weighted by Gasteiger charge is 2.41. The smallest absolute Gasteiger partial charge is 0.135 e. The van der Waals surface area contributed by atoms with Crippen molar-refractivity contribution in [3.05, 3.63) is 144 Å². The van der Waals surface area contributed by atoms with Crippen molar-refractivity contribution in [1.29, 1.82) is 0 Å². The van der Waals surface area contributed by atoms with E-state index in [1.807, 2.05) is 0 Å². The normalized spacial score (nSPS) is 14.9. The molecule has 180 valence electrons. The van der Waals surface area contributed by atoms with E-state index in [0.717, 1.165) is 17.1 Å². The van der Waals surface area contributed by atoms with Gasteiger partial charge in [-0.2, -0.15) is 0 Å². The number of fused-ring (bicyclic) bond motifs is 9. The summed E-state index contributed by atoms with van der Waals surface area (Å²) < 4.78 is 6.65. The molecule has 0 bridgehead atoms. The second-order valence-corrected chi connectivity index (χ2v) is 10.9. The molecule has 0 fully saturated rings. The Labute approximate surface area is 222 Å². The van der Waals surface area contributed by atoms with Gasteiger partial charge in [0.15, 0.2) is 0 Å². The third kappa shape index (κ3) is 2.87. The molecule has 0 aromatic heterocycles. The minimum atomic E-state index is -0.140. The molecule has 0 radical (unpaired) electrons. The topological polar surface area (TPSA) is 9.23 Å². The molecule has 0 spiro atoms. The SMILES string of the molecule is CC1(C)C2=C(c3cc(-c4cc5ccccc5c5ccccc45)ccc3Oc3ccccc32)c2ccccc21. The second kappa shape index (κ2) is 7.69. The summed E-state index contributed by atoms with van der Waals surface area (Å²) in [7, 11) is 0. The number of para-hydroxylation sites is 1. The maximum Gasteiger partial charge on any atom is 0.135 e. The first kappa shape index (κ1) is 21.5. The second-order valence-electron chi connectivity index (χ2n) is 10.9. The summed E-state index contributed by atoms with van der Waals surface area (Å²) in [4.78, 5) is 0. The van der Waals surface area contributed by atoms with E-state index in [1.165, 1.54) is 60.5 Å². The highest BCUT2D eigenvalue weighted by Crippen LogP contribution is 2.58. The van der Waals surface area contributed by atoms with Gasteiger partial charge in [-0.1, -0.05) is 111 Å². The van der Waals surface area contributed by atoms with Crippen molar-refractivity contribution in [2.45, 2.75) is 19.3 Å². The standard InChI is InChI=1S/C37H26O/c1-37(2)32-17-9-7-15-28(32)35-31-22-24(19-20-34(31)38-33-18-10-8-16-29(33)36(35)37)30-21-23-11-3-4-12-25(23)26-13-5-6-14-27(26)30/h3-22H,1-2H3. The Bertz CT molecular complexity index is 1970. The van der Waals surface area contributed by atoms with Crippen molar-refractivity contribution in [3.63, 3.8) is 0 Å². The lowest BCUT2D eigenvalue weighted by Crippen LogP contribution is -2.16. The Kier molecular flexibility index (Phi) is 4.35. The number of hydrogen-bond acceptors (Lipinski definition) is 1. The molecule has 1 heteroatoms. The molecule has 1 heterocycles. The molecule has 6 aromatic carbocycles. The zero-order valence-corrected chi connectivity index (χ0v) is 21.5. The highest BCUT2D eigenvalue weighted by molar-refractivity contribution is 6.15. The number of benzene rings is 6. The average molecular weight is 487 g/mol. The summed E-state index contributed by atoms with van der Waals surface area (Å²) in [6.45, 7) is 4.69. The van der Waals surface area contributed by atoms with Crippen LogP contribution in [0.2, 0.25) is 0 Å². The van der Waals surface area contributed by atoms with Crippen molar-refractivity contribution in [2.75, 3.05) is 0 Å². The zero-order chi connectivity index (χ0) is 25.4. The largest absolute Gasteiger partial charge is 0.456 e. The molecule has 0 saturated heterocycles. The highest BCUT2D eigenvalue weighted by atomic mass is 16.5. The van der Waals surface area contributed by atoms with Crippen LogP contribution in [0.3, 0.4) is 0 Å². The minimum Gasteiger partial charge on any atom is -0.456 e. The number of hydrogen-bond donors (Lipinski definition) is 0. The van der Waals surface area contributed by atoms with Gasteiger partial charge in [-0.05, 0) is 79.2 Å². The van der Waals surface area contributed by atoms with E-state index in [-0.39, 0.29) is 5.41 Å². The Morgan fingerprint density at radius 2 is 1.16 bits per heavy atom. The summed E-state index contributed by atoms with van der Waals surface area (Å²) in [5.74, 6) is 1.83. The number of ether oxygens (including phenoxy) is 1. The Morgan fingerprint density at radius 1 is 0.500 bits per heavy atom. The van der Waals surface area contributed by atoms with Crippen LogP contribution in [0.25, 0.3) is 43.8 Å². The molecular weight excluding hydrogens is 460 g/mol. The zero-order valence-electron chi connectivity index (χ0n) is 21.5. The van der Waals surface area contributed by atoms with Crippen molar-refractivity contribution < 1.29 is 4.74 Å². The van der Waals surface area contributed by atoms with Crippen LogP contribution in [-0.2, 0) is 5.41 Å². The average Bonchev–Trinajstić information content (AvgIpc) is 3.09. The van der Waals surface area contributed by atoms with Gasteiger partial charge in [-0.3, -0.25) is 0 Å². The summed E-state index contributed by atoms with van der Waals surface area (Å²) >= 11 is 0. The van der Waals surface area contributed by atoms with E-state index in [1.54, 1.807) is 0 Å². The van der Waals surface area contributed by atoms with E-state index in [0.29, 0.717) is 0 Å². The molecule has 2 aliphatic rings. The predicted molar refractivity (Wildman–Crippen MR) is 159 cm³/mol. The van der Waals surface area contributed by atoms with Gasteiger partial charge < -0.3 is 4.74 Å². The molecule has 0 saturated carbocycles. The number of rotatable bonds is 1. The molecule has 0 N–H and O–H groups in total. The maximum absolute atomic E-state index is 6.65. The molecule has 0 atom stereocenters. The fourth-order valence-electron chi connectivity index (χ4n) is 6.73. The van der Waals surface area contributed by atoms with E-state index in [2.05, 4.69) is 135 Å². The van der Waals surface area contributed by atoms with Crippen LogP contribution in [0.5, 0.6) is 11.5 Å². The molecule has 1 aliphatic heterocycles. The molecule has 0 unspecified atom stereocenters. The Morgan fingerprint density at radius 3 is 2.03 bits per heavy atom. The van der Waals surface area contributed by atoms with Crippen LogP contribution in [-0.4, -0.2) is 0 Å². The minimum absolute atomic E-state index is 0.140. The number of allylic oxidation sites excluding steroid dienone is 1.